The number of pyridine rings is 1. The first-order valence-electron chi connectivity index (χ1n) is 11.0. The number of ether oxygens (including phenoxy) is 2. The van der Waals surface area contributed by atoms with Crippen molar-refractivity contribution in [3.05, 3.63) is 59.8 Å². The number of nitrogens with zero attached hydrogens (tertiary/aromatic N) is 5. The maximum Gasteiger partial charge on any atom is 0.148 e. The van der Waals surface area contributed by atoms with E-state index in [4.69, 9.17) is 9.47 Å². The van der Waals surface area contributed by atoms with Crippen LogP contribution < -0.4 is 9.64 Å². The molecule has 2 heterocycles. The Bertz CT molecular complexity index is 1190. The minimum Gasteiger partial charge on any atom is -0.491 e. The number of hydrogen-bond acceptors (Lipinski definition) is 8. The number of alkyl halides is 1. The number of methoxy groups -OCH3 is 1. The van der Waals surface area contributed by atoms with Gasteiger partial charge >= 0.3 is 0 Å². The Kier molecular flexibility index (Phi) is 9.42. The molecule has 35 heavy (non-hydrogen) atoms. The van der Waals surface area contributed by atoms with Gasteiger partial charge in [0.05, 0.1) is 25.3 Å². The van der Waals surface area contributed by atoms with Crippen molar-refractivity contribution >= 4 is 23.8 Å². The van der Waals surface area contributed by atoms with Crippen LogP contribution in [0, 0.1) is 22.7 Å². The van der Waals surface area contributed by atoms with Gasteiger partial charge < -0.3 is 14.4 Å². The summed E-state index contributed by atoms with van der Waals surface area (Å²) in [5, 5.41) is 20.6. The van der Waals surface area contributed by atoms with E-state index in [0.717, 1.165) is 5.57 Å². The Morgan fingerprint density at radius 2 is 1.97 bits per heavy atom. The van der Waals surface area contributed by atoms with E-state index in [1.54, 1.807) is 48.7 Å². The average molecular weight is 492 g/mol. The zero-order chi connectivity index (χ0) is 25.2. The summed E-state index contributed by atoms with van der Waals surface area (Å²) >= 11 is 1.33. The number of nitriles is 2. The van der Waals surface area contributed by atoms with E-state index in [9.17, 15) is 14.9 Å². The Labute approximate surface area is 209 Å². The number of anilines is 1. The second-order valence-electron chi connectivity index (χ2n) is 7.66. The van der Waals surface area contributed by atoms with Crippen molar-refractivity contribution < 1.29 is 13.9 Å². The van der Waals surface area contributed by atoms with Gasteiger partial charge in [0.1, 0.15) is 47.1 Å². The van der Waals surface area contributed by atoms with Crippen LogP contribution in [0.3, 0.4) is 0 Å². The molecule has 0 saturated carbocycles. The Morgan fingerprint density at radius 3 is 2.57 bits per heavy atom. The number of allylic oxidation sites excluding steroid dienone is 1. The van der Waals surface area contributed by atoms with Gasteiger partial charge in [0, 0.05) is 30.8 Å². The van der Waals surface area contributed by atoms with Gasteiger partial charge in [0.2, 0.25) is 0 Å². The Balaban J connectivity index is 2.03. The van der Waals surface area contributed by atoms with E-state index < -0.39 is 6.17 Å². The van der Waals surface area contributed by atoms with Gasteiger partial charge in [-0.05, 0) is 30.2 Å². The highest BCUT2D eigenvalue weighted by atomic mass is 32.2. The molecule has 2 aromatic rings. The number of aromatic nitrogens is 1. The van der Waals surface area contributed by atoms with E-state index in [2.05, 4.69) is 28.7 Å². The molecule has 0 amide bonds. The Morgan fingerprint density at radius 1 is 1.26 bits per heavy atom. The first-order valence-corrected chi connectivity index (χ1v) is 11.9. The lowest BCUT2D eigenvalue weighted by Gasteiger charge is -2.36. The van der Waals surface area contributed by atoms with Gasteiger partial charge in [-0.3, -0.25) is 4.99 Å². The van der Waals surface area contributed by atoms with Crippen LogP contribution in [0.1, 0.15) is 18.1 Å². The zero-order valence-electron chi connectivity index (χ0n) is 19.7. The van der Waals surface area contributed by atoms with Gasteiger partial charge in [-0.15, -0.1) is 11.8 Å². The molecule has 9 heteroatoms. The van der Waals surface area contributed by atoms with Crippen molar-refractivity contribution in [3.63, 3.8) is 0 Å². The SMILES string of the molecule is C=C(C=N/C=C\C)CSc1nc(N2CC(F)C2)c(C#N)c(-c2ccc(OCCOC)cc2)c1C#N. The number of aliphatic imine (C=N–C) groups is 1. The zero-order valence-corrected chi connectivity index (χ0v) is 20.5. The normalized spacial score (nSPS) is 13.6. The maximum atomic E-state index is 13.7. The quantitative estimate of drug-likeness (QED) is 0.250. The standard InChI is InChI=1S/C26H26FN5O2S/c1-4-9-30-14-18(2)17-35-26-23(13-29)24(19-5-7-21(8-6-19)34-11-10-33-3)22(12-28)25(31-26)32-15-20(27)16-32/h4-9,14,20H,2,10-11,15-17H2,1,3H3/b9-4-,30-14?. The lowest BCUT2D eigenvalue weighted by atomic mass is 9.95. The largest absolute Gasteiger partial charge is 0.491 e. The molecule has 0 aliphatic carbocycles. The molecule has 0 N–H and O–H groups in total. The molecule has 1 aromatic carbocycles. The molecule has 1 aromatic heterocycles. The van der Waals surface area contributed by atoms with Gasteiger partial charge in [-0.25, -0.2) is 9.37 Å². The molecule has 0 bridgehead atoms. The summed E-state index contributed by atoms with van der Waals surface area (Å²) in [7, 11) is 1.60. The van der Waals surface area contributed by atoms with Crippen molar-refractivity contribution in [1.29, 1.82) is 10.5 Å². The first-order chi connectivity index (χ1) is 17.0. The van der Waals surface area contributed by atoms with Gasteiger partial charge in [0.15, 0.2) is 0 Å². The second-order valence-corrected chi connectivity index (χ2v) is 8.63. The second kappa shape index (κ2) is 12.7. The fourth-order valence-corrected chi connectivity index (χ4v) is 4.21. The van der Waals surface area contributed by atoms with Crippen LogP contribution >= 0.6 is 11.8 Å². The molecule has 0 atom stereocenters. The number of halogens is 1. The lowest BCUT2D eigenvalue weighted by molar-refractivity contribution is 0.146. The summed E-state index contributed by atoms with van der Waals surface area (Å²) in [6.45, 7) is 7.05. The van der Waals surface area contributed by atoms with Crippen LogP contribution in [0.5, 0.6) is 5.75 Å². The van der Waals surface area contributed by atoms with E-state index in [0.29, 0.717) is 52.3 Å². The molecule has 0 spiro atoms. The highest BCUT2D eigenvalue weighted by Gasteiger charge is 2.32. The van der Waals surface area contributed by atoms with Crippen LogP contribution in [0.15, 0.2) is 58.7 Å². The fraction of sp³-hybridized carbons (Fsp3) is 0.308. The van der Waals surface area contributed by atoms with E-state index >= 15 is 0 Å². The van der Waals surface area contributed by atoms with Crippen LogP contribution in [0.4, 0.5) is 10.2 Å². The minimum absolute atomic E-state index is 0.159. The molecular formula is C26H26FN5O2S. The molecule has 3 rings (SSSR count). The van der Waals surface area contributed by atoms with E-state index in [1.165, 1.54) is 11.8 Å². The summed E-state index contributed by atoms with van der Waals surface area (Å²) in [6.07, 6.45) is 4.15. The van der Waals surface area contributed by atoms with Crippen LogP contribution in [0.25, 0.3) is 11.1 Å². The van der Waals surface area contributed by atoms with Crippen molar-refractivity contribution in [2.24, 2.45) is 4.99 Å². The summed E-state index contributed by atoms with van der Waals surface area (Å²) in [6, 6.07) is 11.6. The van der Waals surface area contributed by atoms with Crippen molar-refractivity contribution in [3.8, 4) is 29.0 Å². The smallest absolute Gasteiger partial charge is 0.148 e. The Hall–Kier alpha value is -3.66. The third kappa shape index (κ3) is 6.48. The average Bonchev–Trinajstić information content (AvgIpc) is 2.85. The van der Waals surface area contributed by atoms with Crippen molar-refractivity contribution in [2.75, 3.05) is 44.1 Å². The summed E-state index contributed by atoms with van der Waals surface area (Å²) in [4.78, 5) is 10.5. The molecular weight excluding hydrogens is 465 g/mol. The number of hydrogen-bond donors (Lipinski definition) is 0. The highest BCUT2D eigenvalue weighted by Crippen LogP contribution is 2.39. The fourth-order valence-electron chi connectivity index (χ4n) is 3.37. The van der Waals surface area contributed by atoms with Gasteiger partial charge in [0.25, 0.3) is 0 Å². The minimum atomic E-state index is -0.968. The third-order valence-electron chi connectivity index (χ3n) is 5.09. The lowest BCUT2D eigenvalue weighted by Crippen LogP contribution is -2.49. The summed E-state index contributed by atoms with van der Waals surface area (Å²) < 4.78 is 24.3. The number of thioether (sulfide) groups is 1. The van der Waals surface area contributed by atoms with Crippen LogP contribution in [-0.4, -0.2) is 56.5 Å². The molecule has 1 aliphatic rings. The topological polar surface area (TPSA) is 94.5 Å². The number of benzene rings is 1. The summed E-state index contributed by atoms with van der Waals surface area (Å²) in [5.74, 6) is 1.48. The molecule has 1 saturated heterocycles. The maximum absolute atomic E-state index is 13.7. The van der Waals surface area contributed by atoms with E-state index in [1.807, 2.05) is 13.0 Å². The predicted molar refractivity (Wildman–Crippen MR) is 137 cm³/mol. The van der Waals surface area contributed by atoms with Crippen molar-refractivity contribution in [1.82, 2.24) is 4.98 Å². The van der Waals surface area contributed by atoms with Crippen LogP contribution in [-0.2, 0) is 4.74 Å². The monoisotopic (exact) mass is 491 g/mol. The third-order valence-corrected chi connectivity index (χ3v) is 6.17. The number of rotatable bonds is 11. The molecule has 180 valence electrons. The highest BCUT2D eigenvalue weighted by molar-refractivity contribution is 7.99. The molecule has 7 nitrogen and oxygen atoms in total. The van der Waals surface area contributed by atoms with E-state index in [-0.39, 0.29) is 18.7 Å². The molecule has 1 fully saturated rings. The van der Waals surface area contributed by atoms with Crippen LogP contribution in [0.2, 0.25) is 0 Å². The van der Waals surface area contributed by atoms with Gasteiger partial charge in [-0.1, -0.05) is 24.8 Å². The molecule has 1 aliphatic heterocycles. The van der Waals surface area contributed by atoms with Gasteiger partial charge in [-0.2, -0.15) is 10.5 Å². The predicted octanol–water partition coefficient (Wildman–Crippen LogP) is 4.93. The first kappa shape index (κ1) is 26.0. The van der Waals surface area contributed by atoms with Crippen molar-refractivity contribution in [2.45, 2.75) is 18.1 Å². The molecule has 0 radical (unpaired) electrons. The molecule has 0 unspecified atom stereocenters. The summed E-state index contributed by atoms with van der Waals surface area (Å²) in [5.41, 5.74) is 2.43.